The van der Waals surface area contributed by atoms with E-state index in [-0.39, 0.29) is 11.9 Å². The fourth-order valence-electron chi connectivity index (χ4n) is 3.06. The van der Waals surface area contributed by atoms with Gasteiger partial charge in [-0.1, -0.05) is 60.8 Å². The normalized spacial score (nSPS) is 15.9. The summed E-state index contributed by atoms with van der Waals surface area (Å²) in [5.41, 5.74) is -0.522. The van der Waals surface area contributed by atoms with Crippen LogP contribution in [0.5, 0.6) is 0 Å². The first-order valence-electron chi connectivity index (χ1n) is 9.00. The number of carbonyl (C=O) groups excluding carboxylic acids is 1. The number of ether oxygens (including phenoxy) is 2. The number of hydrogen-bond donors (Lipinski definition) is 0. The second kappa shape index (κ2) is 11.0. The summed E-state index contributed by atoms with van der Waals surface area (Å²) in [6, 6.07) is 0. The Labute approximate surface area is 138 Å². The van der Waals surface area contributed by atoms with Crippen molar-refractivity contribution in [2.24, 2.45) is 23.2 Å². The number of rotatable bonds is 12. The zero-order valence-corrected chi connectivity index (χ0v) is 15.9. The van der Waals surface area contributed by atoms with Crippen LogP contribution in [0.15, 0.2) is 0 Å². The average Bonchev–Trinajstić information content (AvgIpc) is 2.45. The zero-order valence-electron chi connectivity index (χ0n) is 15.9. The van der Waals surface area contributed by atoms with E-state index in [0.717, 1.165) is 19.3 Å². The number of unbranched alkanes of at least 4 members (excludes halogenated alkanes) is 1. The van der Waals surface area contributed by atoms with E-state index in [0.29, 0.717) is 25.0 Å². The van der Waals surface area contributed by atoms with Gasteiger partial charge in [0.05, 0.1) is 18.6 Å². The number of methoxy groups -OCH3 is 1. The van der Waals surface area contributed by atoms with E-state index in [1.807, 2.05) is 0 Å². The SMILES string of the molecule is CCCCC(CC)COC(=O)C(COC)(CC(C)C)C(C)C. The lowest BCUT2D eigenvalue weighted by molar-refractivity contribution is -0.166. The molecule has 22 heavy (non-hydrogen) atoms. The summed E-state index contributed by atoms with van der Waals surface area (Å²) >= 11 is 0. The summed E-state index contributed by atoms with van der Waals surface area (Å²) < 4.78 is 11.1. The Morgan fingerprint density at radius 1 is 1.14 bits per heavy atom. The van der Waals surface area contributed by atoms with E-state index in [1.165, 1.54) is 12.8 Å². The molecular weight excluding hydrogens is 276 g/mol. The van der Waals surface area contributed by atoms with Crippen molar-refractivity contribution < 1.29 is 14.3 Å². The molecule has 0 aromatic rings. The van der Waals surface area contributed by atoms with Crippen molar-refractivity contribution in [3.05, 3.63) is 0 Å². The highest BCUT2D eigenvalue weighted by molar-refractivity contribution is 5.77. The zero-order chi connectivity index (χ0) is 17.2. The molecule has 2 unspecified atom stereocenters. The van der Waals surface area contributed by atoms with Crippen LogP contribution in [0.1, 0.15) is 73.6 Å². The van der Waals surface area contributed by atoms with Crippen LogP contribution in [0.3, 0.4) is 0 Å². The molecule has 3 nitrogen and oxygen atoms in total. The van der Waals surface area contributed by atoms with Gasteiger partial charge in [-0.25, -0.2) is 0 Å². The fourth-order valence-corrected chi connectivity index (χ4v) is 3.06. The van der Waals surface area contributed by atoms with Crippen LogP contribution in [-0.2, 0) is 14.3 Å². The number of esters is 1. The molecule has 2 atom stereocenters. The Kier molecular flexibility index (Phi) is 10.8. The van der Waals surface area contributed by atoms with Gasteiger partial charge in [-0.2, -0.15) is 0 Å². The molecule has 132 valence electrons. The predicted molar refractivity (Wildman–Crippen MR) is 92.9 cm³/mol. The van der Waals surface area contributed by atoms with Crippen LogP contribution in [0, 0.1) is 23.2 Å². The number of carbonyl (C=O) groups is 1. The van der Waals surface area contributed by atoms with Crippen molar-refractivity contribution in [1.29, 1.82) is 0 Å². The molecule has 0 saturated carbocycles. The van der Waals surface area contributed by atoms with Crippen LogP contribution in [0.2, 0.25) is 0 Å². The standard InChI is InChI=1S/C19H38O3/c1-8-10-11-17(9-2)13-22-18(20)19(14-21-7,16(5)6)12-15(3)4/h15-17H,8-14H2,1-7H3. The quantitative estimate of drug-likeness (QED) is 0.471. The molecule has 0 aliphatic heterocycles. The van der Waals surface area contributed by atoms with Gasteiger partial charge in [-0.15, -0.1) is 0 Å². The molecule has 0 spiro atoms. The van der Waals surface area contributed by atoms with Crippen molar-refractivity contribution in [2.45, 2.75) is 73.6 Å². The fraction of sp³-hybridized carbons (Fsp3) is 0.947. The smallest absolute Gasteiger partial charge is 0.314 e. The summed E-state index contributed by atoms with van der Waals surface area (Å²) in [4.78, 5) is 12.8. The van der Waals surface area contributed by atoms with E-state index in [9.17, 15) is 4.79 Å². The van der Waals surface area contributed by atoms with Gasteiger partial charge in [0.15, 0.2) is 0 Å². The first kappa shape index (κ1) is 21.4. The Morgan fingerprint density at radius 3 is 2.18 bits per heavy atom. The Morgan fingerprint density at radius 2 is 1.77 bits per heavy atom. The van der Waals surface area contributed by atoms with Gasteiger partial charge in [-0.3, -0.25) is 4.79 Å². The summed E-state index contributed by atoms with van der Waals surface area (Å²) in [6.07, 6.45) is 5.41. The van der Waals surface area contributed by atoms with Gasteiger partial charge < -0.3 is 9.47 Å². The molecule has 3 heteroatoms. The lowest BCUT2D eigenvalue weighted by Crippen LogP contribution is -2.43. The van der Waals surface area contributed by atoms with Gasteiger partial charge in [0.25, 0.3) is 0 Å². The van der Waals surface area contributed by atoms with Crippen molar-refractivity contribution >= 4 is 5.97 Å². The Hall–Kier alpha value is -0.570. The second-order valence-corrected chi connectivity index (χ2v) is 7.36. The Bertz CT molecular complexity index is 299. The Balaban J connectivity index is 4.87. The minimum Gasteiger partial charge on any atom is -0.465 e. The van der Waals surface area contributed by atoms with E-state index >= 15 is 0 Å². The van der Waals surface area contributed by atoms with Crippen LogP contribution >= 0.6 is 0 Å². The van der Waals surface area contributed by atoms with E-state index in [2.05, 4.69) is 41.5 Å². The van der Waals surface area contributed by atoms with Crippen molar-refractivity contribution in [2.75, 3.05) is 20.3 Å². The largest absolute Gasteiger partial charge is 0.465 e. The summed E-state index contributed by atoms with van der Waals surface area (Å²) in [6.45, 7) is 13.8. The molecule has 0 heterocycles. The molecule has 0 saturated heterocycles. The van der Waals surface area contributed by atoms with Crippen molar-refractivity contribution in [1.82, 2.24) is 0 Å². The van der Waals surface area contributed by atoms with E-state index in [1.54, 1.807) is 7.11 Å². The van der Waals surface area contributed by atoms with Gasteiger partial charge in [0.1, 0.15) is 0 Å². The van der Waals surface area contributed by atoms with Crippen molar-refractivity contribution in [3.63, 3.8) is 0 Å². The third-order valence-corrected chi connectivity index (χ3v) is 4.68. The van der Waals surface area contributed by atoms with Crippen LogP contribution in [0.4, 0.5) is 0 Å². The van der Waals surface area contributed by atoms with Crippen LogP contribution in [-0.4, -0.2) is 26.3 Å². The van der Waals surface area contributed by atoms with Crippen LogP contribution < -0.4 is 0 Å². The summed E-state index contributed by atoms with van der Waals surface area (Å²) in [5, 5.41) is 0. The lowest BCUT2D eigenvalue weighted by Gasteiger charge is -2.36. The third kappa shape index (κ3) is 6.68. The molecule has 0 radical (unpaired) electrons. The maximum Gasteiger partial charge on any atom is 0.314 e. The lowest BCUT2D eigenvalue weighted by atomic mass is 9.72. The average molecular weight is 315 g/mol. The molecule has 0 bridgehead atoms. The van der Waals surface area contributed by atoms with E-state index in [4.69, 9.17) is 9.47 Å². The van der Waals surface area contributed by atoms with Crippen LogP contribution in [0.25, 0.3) is 0 Å². The first-order valence-corrected chi connectivity index (χ1v) is 9.00. The number of hydrogen-bond acceptors (Lipinski definition) is 3. The van der Waals surface area contributed by atoms with Gasteiger partial charge in [-0.05, 0) is 30.6 Å². The predicted octanol–water partition coefficient (Wildman–Crippen LogP) is 5.08. The van der Waals surface area contributed by atoms with Crippen molar-refractivity contribution in [3.8, 4) is 0 Å². The molecule has 0 aromatic heterocycles. The molecular formula is C19H38O3. The van der Waals surface area contributed by atoms with E-state index < -0.39 is 5.41 Å². The molecule has 0 fully saturated rings. The highest BCUT2D eigenvalue weighted by Crippen LogP contribution is 2.37. The minimum absolute atomic E-state index is 0.0759. The highest BCUT2D eigenvalue weighted by Gasteiger charge is 2.43. The van der Waals surface area contributed by atoms with Gasteiger partial charge in [0.2, 0.25) is 0 Å². The van der Waals surface area contributed by atoms with Gasteiger partial charge in [0, 0.05) is 7.11 Å². The maximum atomic E-state index is 12.8. The molecule has 0 aliphatic rings. The third-order valence-electron chi connectivity index (χ3n) is 4.68. The molecule has 0 amide bonds. The topological polar surface area (TPSA) is 35.5 Å². The first-order chi connectivity index (χ1) is 10.3. The molecule has 0 aliphatic carbocycles. The molecule has 0 N–H and O–H groups in total. The summed E-state index contributed by atoms with van der Waals surface area (Å²) in [5.74, 6) is 1.05. The molecule has 0 aromatic carbocycles. The monoisotopic (exact) mass is 314 g/mol. The second-order valence-electron chi connectivity index (χ2n) is 7.36. The maximum absolute atomic E-state index is 12.8. The molecule has 0 rings (SSSR count). The summed E-state index contributed by atoms with van der Waals surface area (Å²) in [7, 11) is 1.67. The van der Waals surface area contributed by atoms with Gasteiger partial charge >= 0.3 is 5.97 Å². The highest BCUT2D eigenvalue weighted by atomic mass is 16.5. The minimum atomic E-state index is -0.522.